The van der Waals surface area contributed by atoms with Crippen molar-refractivity contribution < 1.29 is 13.2 Å². The molecule has 1 nitrogen and oxygen atoms in total. The lowest BCUT2D eigenvalue weighted by atomic mass is 10.3. The maximum Gasteiger partial charge on any atom is 0.433 e. The summed E-state index contributed by atoms with van der Waals surface area (Å²) in [6.45, 7) is 0. The molecule has 72 valence electrons. The summed E-state index contributed by atoms with van der Waals surface area (Å²) in [6, 6.07) is 2.66. The second kappa shape index (κ2) is 4.04. The molecule has 0 N–H and O–H groups in total. The molecule has 0 radical (unpaired) electrons. The first-order chi connectivity index (χ1) is 5.93. The van der Waals surface area contributed by atoms with Crippen LogP contribution in [0.4, 0.5) is 13.2 Å². The molecular weight excluding hydrogens is 314 g/mol. The Hall–Kier alpha value is 0.0200. The van der Waals surface area contributed by atoms with Gasteiger partial charge in [-0.3, -0.25) is 0 Å². The topological polar surface area (TPSA) is 12.9 Å². The van der Waals surface area contributed by atoms with Gasteiger partial charge in [0.05, 0.1) is 0 Å². The Morgan fingerprint density at radius 2 is 2.00 bits per heavy atom. The molecule has 0 bridgehead atoms. The van der Waals surface area contributed by atoms with Crippen LogP contribution in [-0.2, 0) is 6.18 Å². The minimum Gasteiger partial charge on any atom is -0.237 e. The summed E-state index contributed by atoms with van der Waals surface area (Å²) in [5, 5.41) is 0. The van der Waals surface area contributed by atoms with Crippen LogP contribution in [0.1, 0.15) is 5.69 Å². The van der Waals surface area contributed by atoms with Crippen LogP contribution >= 0.6 is 34.4 Å². The maximum atomic E-state index is 12.2. The van der Waals surface area contributed by atoms with Gasteiger partial charge in [0.1, 0.15) is 9.39 Å². The lowest BCUT2D eigenvalue weighted by Gasteiger charge is -2.07. The van der Waals surface area contributed by atoms with E-state index in [9.17, 15) is 13.2 Å². The van der Waals surface area contributed by atoms with E-state index in [1.165, 1.54) is 11.8 Å². The number of hydrogen-bond acceptors (Lipinski definition) is 2. The second-order valence-electron chi connectivity index (χ2n) is 2.21. The fourth-order valence-electron chi connectivity index (χ4n) is 0.736. The molecule has 1 aromatic rings. The third-order valence-corrected chi connectivity index (χ3v) is 2.55. The predicted molar refractivity (Wildman–Crippen MR) is 53.7 cm³/mol. The van der Waals surface area contributed by atoms with Crippen molar-refractivity contribution in [2.75, 3.05) is 6.26 Å². The smallest absolute Gasteiger partial charge is 0.237 e. The van der Waals surface area contributed by atoms with Gasteiger partial charge in [-0.1, -0.05) is 0 Å². The van der Waals surface area contributed by atoms with Crippen molar-refractivity contribution in [3.05, 3.63) is 21.5 Å². The summed E-state index contributed by atoms with van der Waals surface area (Å²) in [4.78, 5) is 3.98. The minimum absolute atomic E-state index is 0.358. The normalized spacial score (nSPS) is 11.8. The molecule has 0 aromatic carbocycles. The van der Waals surface area contributed by atoms with Crippen LogP contribution in [0.3, 0.4) is 0 Å². The summed E-state index contributed by atoms with van der Waals surface area (Å²) in [6.07, 6.45) is -2.63. The Labute approximate surface area is 91.3 Å². The van der Waals surface area contributed by atoms with E-state index in [1.807, 2.05) is 0 Å². The molecule has 1 aromatic heterocycles. The highest BCUT2D eigenvalue weighted by Crippen LogP contribution is 2.30. The van der Waals surface area contributed by atoms with Gasteiger partial charge in [-0.15, -0.1) is 11.8 Å². The van der Waals surface area contributed by atoms with Crippen molar-refractivity contribution in [3.63, 3.8) is 0 Å². The average Bonchev–Trinajstić information content (AvgIpc) is 2.01. The third kappa shape index (κ3) is 3.01. The lowest BCUT2D eigenvalue weighted by Crippen LogP contribution is -2.08. The average molecular weight is 319 g/mol. The first-order valence-corrected chi connectivity index (χ1v) is 5.52. The fraction of sp³-hybridized carbons (Fsp3) is 0.286. The van der Waals surface area contributed by atoms with Crippen molar-refractivity contribution in [1.29, 1.82) is 0 Å². The molecule has 6 heteroatoms. The standard InChI is InChI=1S/C7H5F3INS/c1-13-4-2-5(7(8,9)10)12-6(11)3-4/h2-3H,1H3. The molecule has 0 aliphatic carbocycles. The first-order valence-electron chi connectivity index (χ1n) is 3.22. The van der Waals surface area contributed by atoms with E-state index < -0.39 is 11.9 Å². The number of alkyl halides is 3. The number of halogens is 4. The van der Waals surface area contributed by atoms with E-state index in [-0.39, 0.29) is 0 Å². The van der Waals surface area contributed by atoms with Gasteiger partial charge >= 0.3 is 6.18 Å². The van der Waals surface area contributed by atoms with Crippen LogP contribution in [0, 0.1) is 3.70 Å². The molecule has 0 atom stereocenters. The van der Waals surface area contributed by atoms with E-state index in [2.05, 4.69) is 4.98 Å². The molecule has 1 rings (SSSR count). The number of pyridine rings is 1. The molecule has 0 spiro atoms. The Kier molecular flexibility index (Phi) is 3.44. The van der Waals surface area contributed by atoms with Gasteiger partial charge in [0, 0.05) is 4.90 Å². The highest BCUT2D eigenvalue weighted by molar-refractivity contribution is 14.1. The van der Waals surface area contributed by atoms with Crippen LogP contribution in [0.15, 0.2) is 17.0 Å². The van der Waals surface area contributed by atoms with Crippen molar-refractivity contribution in [2.45, 2.75) is 11.1 Å². The zero-order valence-electron chi connectivity index (χ0n) is 6.52. The Bertz CT molecular complexity index is 313. The van der Waals surface area contributed by atoms with Crippen molar-refractivity contribution in [1.82, 2.24) is 4.98 Å². The summed E-state index contributed by atoms with van der Waals surface area (Å²) in [7, 11) is 0. The van der Waals surface area contributed by atoms with Crippen LogP contribution < -0.4 is 0 Å². The highest BCUT2D eigenvalue weighted by atomic mass is 127. The van der Waals surface area contributed by atoms with Crippen LogP contribution in [0.5, 0.6) is 0 Å². The van der Waals surface area contributed by atoms with E-state index >= 15 is 0 Å². The van der Waals surface area contributed by atoms with Gasteiger partial charge in [0.15, 0.2) is 0 Å². The molecule has 0 saturated carbocycles. The molecule has 13 heavy (non-hydrogen) atoms. The molecule has 0 aliphatic rings. The molecule has 0 amide bonds. The largest absolute Gasteiger partial charge is 0.433 e. The number of aromatic nitrogens is 1. The highest BCUT2D eigenvalue weighted by Gasteiger charge is 2.32. The molecular formula is C7H5F3INS. The van der Waals surface area contributed by atoms with Crippen LogP contribution in [-0.4, -0.2) is 11.2 Å². The van der Waals surface area contributed by atoms with E-state index in [0.717, 1.165) is 6.07 Å². The van der Waals surface area contributed by atoms with Crippen LogP contribution in [0.2, 0.25) is 0 Å². The molecule has 0 aliphatic heterocycles. The predicted octanol–water partition coefficient (Wildman–Crippen LogP) is 3.43. The zero-order valence-corrected chi connectivity index (χ0v) is 9.50. The minimum atomic E-state index is -4.36. The summed E-state index contributed by atoms with van der Waals surface area (Å²) in [5.41, 5.74) is -0.830. The van der Waals surface area contributed by atoms with Gasteiger partial charge < -0.3 is 0 Å². The number of rotatable bonds is 1. The van der Waals surface area contributed by atoms with E-state index in [4.69, 9.17) is 0 Å². The Morgan fingerprint density at radius 3 is 2.46 bits per heavy atom. The van der Waals surface area contributed by atoms with Gasteiger partial charge in [0.25, 0.3) is 0 Å². The molecule has 0 saturated heterocycles. The Morgan fingerprint density at radius 1 is 1.38 bits per heavy atom. The first kappa shape index (κ1) is 11.1. The summed E-state index contributed by atoms with van der Waals surface area (Å²) < 4.78 is 37.0. The molecule has 0 fully saturated rings. The third-order valence-electron chi connectivity index (χ3n) is 1.29. The Balaban J connectivity index is 3.16. The van der Waals surface area contributed by atoms with Gasteiger partial charge in [-0.05, 0) is 41.0 Å². The van der Waals surface area contributed by atoms with Crippen molar-refractivity contribution in [3.8, 4) is 0 Å². The van der Waals surface area contributed by atoms with E-state index in [1.54, 1.807) is 34.9 Å². The van der Waals surface area contributed by atoms with Gasteiger partial charge in [-0.25, -0.2) is 4.98 Å². The van der Waals surface area contributed by atoms with Crippen molar-refractivity contribution in [2.24, 2.45) is 0 Å². The summed E-state index contributed by atoms with van der Waals surface area (Å²) >= 11 is 3.04. The van der Waals surface area contributed by atoms with Gasteiger partial charge in [-0.2, -0.15) is 13.2 Å². The lowest BCUT2D eigenvalue weighted by molar-refractivity contribution is -0.141. The monoisotopic (exact) mass is 319 g/mol. The fourth-order valence-corrected chi connectivity index (χ4v) is 2.00. The van der Waals surface area contributed by atoms with E-state index in [0.29, 0.717) is 8.60 Å². The van der Waals surface area contributed by atoms with Crippen molar-refractivity contribution >= 4 is 34.4 Å². The number of hydrogen-bond donors (Lipinski definition) is 0. The summed E-state index contributed by atoms with van der Waals surface area (Å²) in [5.74, 6) is 0. The maximum absolute atomic E-state index is 12.2. The quantitative estimate of drug-likeness (QED) is 0.447. The molecule has 0 unspecified atom stereocenters. The molecule has 1 heterocycles. The van der Waals surface area contributed by atoms with Crippen LogP contribution in [0.25, 0.3) is 0 Å². The second-order valence-corrected chi connectivity index (χ2v) is 4.20. The SMILES string of the molecule is CSc1cc(I)nc(C(F)(F)F)c1. The van der Waals surface area contributed by atoms with Gasteiger partial charge in [0.2, 0.25) is 0 Å². The number of thioether (sulfide) groups is 1. The number of nitrogens with zero attached hydrogens (tertiary/aromatic N) is 1. The zero-order chi connectivity index (χ0) is 10.1.